The number of nitrogens with zero attached hydrogens (tertiary/aromatic N) is 1. The van der Waals surface area contributed by atoms with Crippen molar-refractivity contribution in [3.8, 4) is 0 Å². The fourth-order valence-electron chi connectivity index (χ4n) is 3.10. The fourth-order valence-corrected chi connectivity index (χ4v) is 3.10. The van der Waals surface area contributed by atoms with Gasteiger partial charge < -0.3 is 15.6 Å². The van der Waals surface area contributed by atoms with Crippen LogP contribution in [0.2, 0.25) is 0 Å². The first-order valence-electron chi connectivity index (χ1n) is 6.37. The SMILES string of the molecule is CC1(C)CC(NCc2ncc[nH]2)CC(C)(C)N1. The Hall–Kier alpha value is -0.870. The Balaban J connectivity index is 1.92. The average molecular weight is 236 g/mol. The second kappa shape index (κ2) is 4.42. The van der Waals surface area contributed by atoms with Crippen LogP contribution in [0.1, 0.15) is 46.4 Å². The number of H-pyrrole nitrogens is 1. The first-order valence-corrected chi connectivity index (χ1v) is 6.37. The molecule has 1 aliphatic heterocycles. The monoisotopic (exact) mass is 236 g/mol. The van der Waals surface area contributed by atoms with E-state index >= 15 is 0 Å². The van der Waals surface area contributed by atoms with Crippen molar-refractivity contribution in [3.05, 3.63) is 18.2 Å². The predicted molar refractivity (Wildman–Crippen MR) is 69.7 cm³/mol. The number of aromatic amines is 1. The van der Waals surface area contributed by atoms with Crippen LogP contribution in [0.4, 0.5) is 0 Å². The van der Waals surface area contributed by atoms with E-state index < -0.39 is 0 Å². The lowest BCUT2D eigenvalue weighted by atomic mass is 9.79. The quantitative estimate of drug-likeness (QED) is 0.750. The molecule has 0 spiro atoms. The Morgan fingerprint density at radius 2 is 1.94 bits per heavy atom. The summed E-state index contributed by atoms with van der Waals surface area (Å²) in [6, 6.07) is 0.548. The van der Waals surface area contributed by atoms with Gasteiger partial charge in [0.15, 0.2) is 0 Å². The van der Waals surface area contributed by atoms with E-state index in [4.69, 9.17) is 0 Å². The Kier molecular flexibility index (Phi) is 3.27. The fraction of sp³-hybridized carbons (Fsp3) is 0.769. The molecule has 1 aliphatic rings. The van der Waals surface area contributed by atoms with Crippen molar-refractivity contribution >= 4 is 0 Å². The van der Waals surface area contributed by atoms with Crippen LogP contribution in [-0.2, 0) is 6.54 Å². The minimum Gasteiger partial charge on any atom is -0.348 e. The van der Waals surface area contributed by atoms with Gasteiger partial charge in [0, 0.05) is 29.5 Å². The van der Waals surface area contributed by atoms with Crippen molar-refractivity contribution < 1.29 is 0 Å². The van der Waals surface area contributed by atoms with Gasteiger partial charge in [0.2, 0.25) is 0 Å². The molecule has 0 aromatic carbocycles. The van der Waals surface area contributed by atoms with E-state index in [1.807, 2.05) is 6.20 Å². The zero-order valence-electron chi connectivity index (χ0n) is 11.3. The molecule has 0 unspecified atom stereocenters. The van der Waals surface area contributed by atoms with Gasteiger partial charge in [0.05, 0.1) is 6.54 Å². The molecule has 0 aliphatic carbocycles. The van der Waals surface area contributed by atoms with E-state index in [9.17, 15) is 0 Å². The summed E-state index contributed by atoms with van der Waals surface area (Å²) in [4.78, 5) is 7.37. The van der Waals surface area contributed by atoms with Gasteiger partial charge in [-0.3, -0.25) is 0 Å². The highest BCUT2D eigenvalue weighted by atomic mass is 15.1. The van der Waals surface area contributed by atoms with Gasteiger partial charge in [0.1, 0.15) is 5.82 Å². The third kappa shape index (κ3) is 3.54. The van der Waals surface area contributed by atoms with Crippen LogP contribution < -0.4 is 10.6 Å². The molecule has 4 nitrogen and oxygen atoms in total. The molecule has 4 heteroatoms. The summed E-state index contributed by atoms with van der Waals surface area (Å²) in [6.07, 6.45) is 5.97. The molecular formula is C13H24N4. The molecule has 1 fully saturated rings. The molecule has 1 saturated heterocycles. The summed E-state index contributed by atoms with van der Waals surface area (Å²) >= 11 is 0. The Labute approximate surface area is 104 Å². The van der Waals surface area contributed by atoms with Gasteiger partial charge in [-0.1, -0.05) is 0 Å². The van der Waals surface area contributed by atoms with Crippen molar-refractivity contribution in [2.45, 2.75) is 64.2 Å². The van der Waals surface area contributed by atoms with Crippen molar-refractivity contribution in [2.24, 2.45) is 0 Å². The van der Waals surface area contributed by atoms with E-state index in [-0.39, 0.29) is 11.1 Å². The molecule has 3 N–H and O–H groups in total. The maximum Gasteiger partial charge on any atom is 0.120 e. The summed E-state index contributed by atoms with van der Waals surface area (Å²) in [5, 5.41) is 7.29. The van der Waals surface area contributed by atoms with Crippen LogP contribution in [0.15, 0.2) is 12.4 Å². The summed E-state index contributed by atoms with van der Waals surface area (Å²) in [5.41, 5.74) is 0.394. The normalized spacial score (nSPS) is 23.8. The van der Waals surface area contributed by atoms with Gasteiger partial charge in [-0.2, -0.15) is 0 Å². The lowest BCUT2D eigenvalue weighted by Crippen LogP contribution is -2.61. The Bertz CT molecular complexity index is 338. The summed E-state index contributed by atoms with van der Waals surface area (Å²) < 4.78 is 0. The van der Waals surface area contributed by atoms with Crippen LogP contribution in [0.5, 0.6) is 0 Å². The first kappa shape index (κ1) is 12.6. The minimum absolute atomic E-state index is 0.197. The van der Waals surface area contributed by atoms with Gasteiger partial charge in [0.25, 0.3) is 0 Å². The topological polar surface area (TPSA) is 52.7 Å². The predicted octanol–water partition coefficient (Wildman–Crippen LogP) is 1.81. The molecule has 1 aromatic rings. The third-order valence-corrected chi connectivity index (χ3v) is 3.30. The van der Waals surface area contributed by atoms with E-state index in [0.717, 1.165) is 25.2 Å². The van der Waals surface area contributed by atoms with Crippen LogP contribution >= 0.6 is 0 Å². The van der Waals surface area contributed by atoms with Crippen LogP contribution in [-0.4, -0.2) is 27.1 Å². The van der Waals surface area contributed by atoms with Crippen molar-refractivity contribution in [2.75, 3.05) is 0 Å². The zero-order valence-corrected chi connectivity index (χ0v) is 11.3. The smallest absolute Gasteiger partial charge is 0.120 e. The summed E-state index contributed by atoms with van der Waals surface area (Å²) in [5.74, 6) is 1.01. The highest BCUT2D eigenvalue weighted by Gasteiger charge is 2.37. The molecule has 96 valence electrons. The molecule has 1 aromatic heterocycles. The number of aromatic nitrogens is 2. The van der Waals surface area contributed by atoms with Crippen LogP contribution in [0.3, 0.4) is 0 Å². The zero-order chi connectivity index (χ0) is 12.5. The number of piperidine rings is 1. The van der Waals surface area contributed by atoms with Crippen LogP contribution in [0.25, 0.3) is 0 Å². The van der Waals surface area contributed by atoms with E-state index in [2.05, 4.69) is 48.3 Å². The lowest BCUT2D eigenvalue weighted by molar-refractivity contribution is 0.145. The number of imidazole rings is 1. The van der Waals surface area contributed by atoms with Crippen molar-refractivity contribution in [1.82, 2.24) is 20.6 Å². The Morgan fingerprint density at radius 1 is 1.29 bits per heavy atom. The Morgan fingerprint density at radius 3 is 2.47 bits per heavy atom. The summed E-state index contributed by atoms with van der Waals surface area (Å²) in [6.45, 7) is 9.92. The maximum atomic E-state index is 4.24. The summed E-state index contributed by atoms with van der Waals surface area (Å²) in [7, 11) is 0. The number of rotatable bonds is 3. The third-order valence-electron chi connectivity index (χ3n) is 3.30. The second-order valence-electron chi connectivity index (χ2n) is 6.41. The first-order chi connectivity index (χ1) is 7.86. The van der Waals surface area contributed by atoms with E-state index in [1.165, 1.54) is 0 Å². The van der Waals surface area contributed by atoms with Gasteiger partial charge in [-0.25, -0.2) is 4.98 Å². The molecule has 0 bridgehead atoms. The van der Waals surface area contributed by atoms with Crippen molar-refractivity contribution in [3.63, 3.8) is 0 Å². The standard InChI is InChI=1S/C13H24N4/c1-12(2)7-10(8-13(3,4)17-12)16-9-11-14-5-6-15-11/h5-6,10,16-17H,7-9H2,1-4H3,(H,14,15). The average Bonchev–Trinajstić information content (AvgIpc) is 2.61. The van der Waals surface area contributed by atoms with Gasteiger partial charge in [-0.05, 0) is 40.5 Å². The van der Waals surface area contributed by atoms with E-state index in [0.29, 0.717) is 6.04 Å². The minimum atomic E-state index is 0.197. The molecule has 0 saturated carbocycles. The molecule has 0 atom stereocenters. The highest BCUT2D eigenvalue weighted by molar-refractivity contribution is 5.00. The molecule has 0 amide bonds. The molecule has 2 heterocycles. The number of hydrogen-bond acceptors (Lipinski definition) is 3. The van der Waals surface area contributed by atoms with E-state index in [1.54, 1.807) is 6.20 Å². The molecule has 0 radical (unpaired) electrons. The molecular weight excluding hydrogens is 212 g/mol. The number of hydrogen-bond donors (Lipinski definition) is 3. The molecule has 17 heavy (non-hydrogen) atoms. The highest BCUT2D eigenvalue weighted by Crippen LogP contribution is 2.28. The maximum absolute atomic E-state index is 4.24. The number of nitrogens with one attached hydrogen (secondary N) is 3. The second-order valence-corrected chi connectivity index (χ2v) is 6.41. The lowest BCUT2D eigenvalue weighted by Gasteiger charge is -2.46. The molecule has 2 rings (SSSR count). The van der Waals surface area contributed by atoms with Crippen molar-refractivity contribution in [1.29, 1.82) is 0 Å². The van der Waals surface area contributed by atoms with Crippen LogP contribution in [0, 0.1) is 0 Å². The largest absolute Gasteiger partial charge is 0.348 e. The van der Waals surface area contributed by atoms with Gasteiger partial charge in [-0.15, -0.1) is 0 Å². The van der Waals surface area contributed by atoms with Gasteiger partial charge >= 0.3 is 0 Å².